The van der Waals surface area contributed by atoms with E-state index in [-0.39, 0.29) is 5.75 Å². The number of hydrogen-bond donors (Lipinski definition) is 1. The molecule has 0 radical (unpaired) electrons. The Morgan fingerprint density at radius 1 is 1.40 bits per heavy atom. The van der Waals surface area contributed by atoms with E-state index in [4.69, 9.17) is 0 Å². The number of hydrogen-bond acceptors (Lipinski definition) is 3. The van der Waals surface area contributed by atoms with Gasteiger partial charge in [-0.3, -0.25) is 4.79 Å². The molecule has 1 aromatic rings. The first kappa shape index (κ1) is 11.5. The summed E-state index contributed by atoms with van der Waals surface area (Å²) in [6.45, 7) is 0.669. The van der Waals surface area contributed by atoms with Crippen LogP contribution in [0.1, 0.15) is 5.56 Å². The summed E-state index contributed by atoms with van der Waals surface area (Å²) in [6.07, 6.45) is 2.56. The van der Waals surface area contributed by atoms with Gasteiger partial charge in [-0.25, -0.2) is 0 Å². The number of phenolic OH excluding ortho intramolecular Hbond substituents is 1. The lowest BCUT2D eigenvalue weighted by molar-refractivity contribution is -0.103. The molecule has 80 valence electrons. The molecule has 3 heteroatoms. The van der Waals surface area contributed by atoms with Crippen LogP contribution in [0, 0.1) is 0 Å². The fourth-order valence-corrected chi connectivity index (χ4v) is 1.22. The molecule has 0 aliphatic carbocycles. The largest absolute Gasteiger partial charge is 0.507 e. The maximum Gasteiger partial charge on any atom is 0.150 e. The Morgan fingerprint density at radius 3 is 2.60 bits per heavy atom. The monoisotopic (exact) mass is 205 g/mol. The van der Waals surface area contributed by atoms with Crippen LogP contribution in [0.3, 0.4) is 0 Å². The first-order valence-electron chi connectivity index (χ1n) is 4.73. The normalized spacial score (nSPS) is 11.8. The molecular formula is C12H15NO2. The standard InChI is InChI=1S/C12H15NO2/c1-13(2)8-7-10(9-14)11-5-3-4-6-12(11)15/h3-7,9,15H,8H2,1-2H3/b10-7-. The predicted octanol–water partition coefficient (Wildman–Crippen LogP) is 1.54. The van der Waals surface area contributed by atoms with Crippen LogP contribution < -0.4 is 0 Å². The van der Waals surface area contributed by atoms with E-state index in [1.165, 1.54) is 0 Å². The number of nitrogens with zero attached hydrogens (tertiary/aromatic N) is 1. The molecule has 0 aliphatic heterocycles. The van der Waals surface area contributed by atoms with Crippen molar-refractivity contribution in [3.05, 3.63) is 35.9 Å². The molecule has 0 fully saturated rings. The van der Waals surface area contributed by atoms with Crippen molar-refractivity contribution in [1.82, 2.24) is 4.90 Å². The number of phenols is 1. The average molecular weight is 205 g/mol. The molecule has 3 nitrogen and oxygen atoms in total. The number of carbonyl (C=O) groups excluding carboxylic acids is 1. The number of benzene rings is 1. The second kappa shape index (κ2) is 5.32. The Morgan fingerprint density at radius 2 is 2.07 bits per heavy atom. The molecule has 15 heavy (non-hydrogen) atoms. The van der Waals surface area contributed by atoms with Crippen molar-refractivity contribution in [2.75, 3.05) is 20.6 Å². The number of allylic oxidation sites excluding steroid dienone is 1. The molecule has 1 rings (SSSR count). The molecule has 0 aliphatic rings. The summed E-state index contributed by atoms with van der Waals surface area (Å²) in [4.78, 5) is 12.8. The highest BCUT2D eigenvalue weighted by Crippen LogP contribution is 2.22. The third-order valence-electron chi connectivity index (χ3n) is 2.02. The minimum Gasteiger partial charge on any atom is -0.507 e. The van der Waals surface area contributed by atoms with Crippen LogP contribution in [0.15, 0.2) is 30.3 Å². The van der Waals surface area contributed by atoms with Crippen molar-refractivity contribution in [2.45, 2.75) is 0 Å². The maximum atomic E-state index is 10.9. The molecule has 0 unspecified atom stereocenters. The topological polar surface area (TPSA) is 40.5 Å². The number of carbonyl (C=O) groups is 1. The first-order valence-corrected chi connectivity index (χ1v) is 4.73. The second-order valence-electron chi connectivity index (χ2n) is 3.56. The van der Waals surface area contributed by atoms with Gasteiger partial charge in [0, 0.05) is 17.7 Å². The van der Waals surface area contributed by atoms with Crippen LogP contribution in [0.2, 0.25) is 0 Å². The smallest absolute Gasteiger partial charge is 0.150 e. The predicted molar refractivity (Wildman–Crippen MR) is 60.7 cm³/mol. The van der Waals surface area contributed by atoms with Crippen LogP contribution in [-0.2, 0) is 4.79 Å². The van der Waals surface area contributed by atoms with Gasteiger partial charge in [-0.2, -0.15) is 0 Å². The van der Waals surface area contributed by atoms with Gasteiger partial charge in [-0.1, -0.05) is 24.3 Å². The highest BCUT2D eigenvalue weighted by atomic mass is 16.3. The molecule has 1 aromatic carbocycles. The molecule has 0 heterocycles. The third-order valence-corrected chi connectivity index (χ3v) is 2.02. The van der Waals surface area contributed by atoms with Gasteiger partial charge >= 0.3 is 0 Å². The lowest BCUT2D eigenvalue weighted by atomic mass is 10.1. The summed E-state index contributed by atoms with van der Waals surface area (Å²) < 4.78 is 0. The highest BCUT2D eigenvalue weighted by Gasteiger charge is 2.04. The van der Waals surface area contributed by atoms with E-state index in [0.717, 1.165) is 6.29 Å². The zero-order valence-electron chi connectivity index (χ0n) is 8.97. The molecule has 0 bridgehead atoms. The van der Waals surface area contributed by atoms with E-state index in [2.05, 4.69) is 0 Å². The Labute approximate surface area is 89.6 Å². The fraction of sp³-hybridized carbons (Fsp3) is 0.250. The third kappa shape index (κ3) is 3.22. The van der Waals surface area contributed by atoms with Gasteiger partial charge < -0.3 is 10.0 Å². The number of rotatable bonds is 4. The van der Waals surface area contributed by atoms with E-state index in [1.807, 2.05) is 19.0 Å². The van der Waals surface area contributed by atoms with E-state index in [9.17, 15) is 9.90 Å². The summed E-state index contributed by atoms with van der Waals surface area (Å²) >= 11 is 0. The van der Waals surface area contributed by atoms with E-state index in [0.29, 0.717) is 17.7 Å². The summed E-state index contributed by atoms with van der Waals surface area (Å²) in [7, 11) is 3.84. The van der Waals surface area contributed by atoms with Gasteiger partial charge in [0.15, 0.2) is 6.29 Å². The minimum atomic E-state index is 0.134. The second-order valence-corrected chi connectivity index (χ2v) is 3.56. The maximum absolute atomic E-state index is 10.9. The summed E-state index contributed by atoms with van der Waals surface area (Å²) in [6, 6.07) is 6.82. The number of likely N-dealkylation sites (N-methyl/N-ethyl adjacent to an activating group) is 1. The SMILES string of the molecule is CN(C)C/C=C(/C=O)c1ccccc1O. The Bertz CT molecular complexity index is 370. The van der Waals surface area contributed by atoms with Crippen LogP contribution in [0.25, 0.3) is 5.57 Å². The molecular weight excluding hydrogens is 190 g/mol. The van der Waals surface area contributed by atoms with Gasteiger partial charge in [0.1, 0.15) is 5.75 Å². The molecule has 0 saturated carbocycles. The van der Waals surface area contributed by atoms with Gasteiger partial charge in [0.2, 0.25) is 0 Å². The van der Waals surface area contributed by atoms with Crippen molar-refractivity contribution in [3.8, 4) is 5.75 Å². The molecule has 0 saturated heterocycles. The molecule has 0 amide bonds. The molecule has 0 aromatic heterocycles. The molecule has 1 N–H and O–H groups in total. The van der Waals surface area contributed by atoms with Crippen LogP contribution >= 0.6 is 0 Å². The van der Waals surface area contributed by atoms with Crippen LogP contribution in [0.5, 0.6) is 5.75 Å². The van der Waals surface area contributed by atoms with Crippen molar-refractivity contribution in [3.63, 3.8) is 0 Å². The summed E-state index contributed by atoms with van der Waals surface area (Å²) in [5.41, 5.74) is 1.09. The van der Waals surface area contributed by atoms with E-state index < -0.39 is 0 Å². The van der Waals surface area contributed by atoms with Gasteiger partial charge in [-0.05, 0) is 20.2 Å². The van der Waals surface area contributed by atoms with E-state index >= 15 is 0 Å². The Hall–Kier alpha value is -1.61. The van der Waals surface area contributed by atoms with Crippen LogP contribution in [0.4, 0.5) is 0 Å². The minimum absolute atomic E-state index is 0.134. The van der Waals surface area contributed by atoms with Gasteiger partial charge in [-0.15, -0.1) is 0 Å². The Balaban J connectivity index is 2.97. The van der Waals surface area contributed by atoms with E-state index in [1.54, 1.807) is 30.3 Å². The lowest BCUT2D eigenvalue weighted by Gasteiger charge is -2.07. The van der Waals surface area contributed by atoms with Crippen molar-refractivity contribution in [1.29, 1.82) is 0 Å². The van der Waals surface area contributed by atoms with Crippen molar-refractivity contribution < 1.29 is 9.90 Å². The zero-order chi connectivity index (χ0) is 11.3. The average Bonchev–Trinajstić information content (AvgIpc) is 2.21. The fourth-order valence-electron chi connectivity index (χ4n) is 1.22. The van der Waals surface area contributed by atoms with Crippen LogP contribution in [-0.4, -0.2) is 36.9 Å². The van der Waals surface area contributed by atoms with Gasteiger partial charge in [0.05, 0.1) is 0 Å². The summed E-state index contributed by atoms with van der Waals surface area (Å²) in [5.74, 6) is 0.134. The van der Waals surface area contributed by atoms with Gasteiger partial charge in [0.25, 0.3) is 0 Å². The highest BCUT2D eigenvalue weighted by molar-refractivity contribution is 6.08. The quantitative estimate of drug-likeness (QED) is 0.598. The number of para-hydroxylation sites is 1. The summed E-state index contributed by atoms with van der Waals surface area (Å²) in [5, 5.41) is 9.56. The first-order chi connectivity index (χ1) is 7.15. The zero-order valence-corrected chi connectivity index (χ0v) is 8.97. The van der Waals surface area contributed by atoms with Crippen molar-refractivity contribution >= 4 is 11.9 Å². The molecule has 0 spiro atoms. The Kier molecular flexibility index (Phi) is 4.06. The lowest BCUT2D eigenvalue weighted by Crippen LogP contribution is -2.11. The number of aromatic hydroxyl groups is 1. The van der Waals surface area contributed by atoms with Crippen molar-refractivity contribution in [2.24, 2.45) is 0 Å². The molecule has 0 atom stereocenters. The number of aldehydes is 1.